The smallest absolute Gasteiger partial charge is 0.427 e. The SMILES string of the molecule is COC(=O)N/N=C/c1cn(CCOc2cc(C)cc(C)c2)c2ccccc12. The number of aryl methyl sites for hydroxylation is 2. The average molecular weight is 365 g/mol. The molecule has 27 heavy (non-hydrogen) atoms. The highest BCUT2D eigenvalue weighted by Crippen LogP contribution is 2.21. The number of rotatable bonds is 6. The first-order chi connectivity index (χ1) is 13.1. The van der Waals surface area contributed by atoms with Gasteiger partial charge in [-0.25, -0.2) is 10.2 Å². The van der Waals surface area contributed by atoms with Gasteiger partial charge in [0, 0.05) is 22.7 Å². The first-order valence-corrected chi connectivity index (χ1v) is 8.73. The lowest BCUT2D eigenvalue weighted by molar-refractivity contribution is 0.171. The van der Waals surface area contributed by atoms with Crippen LogP contribution in [0.4, 0.5) is 4.79 Å². The third-order valence-electron chi connectivity index (χ3n) is 4.16. The van der Waals surface area contributed by atoms with E-state index >= 15 is 0 Å². The van der Waals surface area contributed by atoms with Crippen LogP contribution in [0.1, 0.15) is 16.7 Å². The molecule has 0 fully saturated rings. The largest absolute Gasteiger partial charge is 0.492 e. The van der Waals surface area contributed by atoms with Gasteiger partial charge in [0.25, 0.3) is 0 Å². The van der Waals surface area contributed by atoms with Crippen molar-refractivity contribution in [2.24, 2.45) is 5.10 Å². The van der Waals surface area contributed by atoms with Crippen LogP contribution in [0.15, 0.2) is 53.8 Å². The zero-order valence-electron chi connectivity index (χ0n) is 15.7. The maximum absolute atomic E-state index is 11.1. The minimum absolute atomic E-state index is 0.554. The summed E-state index contributed by atoms with van der Waals surface area (Å²) in [6.45, 7) is 5.38. The molecule has 0 spiro atoms. The zero-order valence-corrected chi connectivity index (χ0v) is 15.7. The van der Waals surface area contributed by atoms with E-state index in [1.807, 2.05) is 36.5 Å². The number of nitrogens with one attached hydrogen (secondary N) is 1. The lowest BCUT2D eigenvalue weighted by Gasteiger charge is -2.10. The van der Waals surface area contributed by atoms with Crippen molar-refractivity contribution < 1.29 is 14.3 Å². The Hall–Kier alpha value is -3.28. The number of hydrogen-bond acceptors (Lipinski definition) is 4. The molecule has 2 aromatic carbocycles. The van der Waals surface area contributed by atoms with Gasteiger partial charge in [-0.2, -0.15) is 5.10 Å². The topological polar surface area (TPSA) is 64.8 Å². The molecule has 1 N–H and O–H groups in total. The lowest BCUT2D eigenvalue weighted by Crippen LogP contribution is -2.16. The number of carbonyl (C=O) groups excluding carboxylic acids is 1. The van der Waals surface area contributed by atoms with Crippen LogP contribution in [-0.2, 0) is 11.3 Å². The highest BCUT2D eigenvalue weighted by atomic mass is 16.5. The van der Waals surface area contributed by atoms with Gasteiger partial charge in [-0.05, 0) is 43.2 Å². The molecule has 0 atom stereocenters. The molecule has 0 saturated carbocycles. The lowest BCUT2D eigenvalue weighted by atomic mass is 10.1. The molecule has 3 aromatic rings. The van der Waals surface area contributed by atoms with Crippen molar-refractivity contribution in [3.05, 3.63) is 65.4 Å². The summed E-state index contributed by atoms with van der Waals surface area (Å²) < 4.78 is 12.6. The number of methoxy groups -OCH3 is 1. The molecule has 0 aliphatic rings. The fourth-order valence-electron chi connectivity index (χ4n) is 3.04. The Bertz CT molecular complexity index is 956. The van der Waals surface area contributed by atoms with Gasteiger partial charge in [0.1, 0.15) is 12.4 Å². The molecule has 1 amide bonds. The van der Waals surface area contributed by atoms with Gasteiger partial charge in [-0.1, -0.05) is 24.3 Å². The highest BCUT2D eigenvalue weighted by molar-refractivity contribution is 5.99. The Morgan fingerprint density at radius 3 is 2.67 bits per heavy atom. The van der Waals surface area contributed by atoms with Crippen LogP contribution < -0.4 is 10.2 Å². The number of hydrazone groups is 1. The van der Waals surface area contributed by atoms with E-state index in [0.29, 0.717) is 13.2 Å². The van der Waals surface area contributed by atoms with Crippen molar-refractivity contribution in [1.82, 2.24) is 9.99 Å². The molecule has 0 bridgehead atoms. The Labute approximate surface area is 158 Å². The Morgan fingerprint density at radius 2 is 1.93 bits per heavy atom. The predicted molar refractivity (Wildman–Crippen MR) is 106 cm³/mol. The Morgan fingerprint density at radius 1 is 1.19 bits per heavy atom. The summed E-state index contributed by atoms with van der Waals surface area (Å²) in [5, 5.41) is 4.98. The number of nitrogens with zero attached hydrogens (tertiary/aromatic N) is 2. The summed E-state index contributed by atoms with van der Waals surface area (Å²) in [4.78, 5) is 11.1. The van der Waals surface area contributed by atoms with Crippen LogP contribution in [0.2, 0.25) is 0 Å². The third-order valence-corrected chi connectivity index (χ3v) is 4.16. The number of aromatic nitrogens is 1. The monoisotopic (exact) mass is 365 g/mol. The van der Waals surface area contributed by atoms with Crippen molar-refractivity contribution in [3.63, 3.8) is 0 Å². The van der Waals surface area contributed by atoms with Crippen LogP contribution in [0.3, 0.4) is 0 Å². The van der Waals surface area contributed by atoms with Crippen molar-refractivity contribution in [1.29, 1.82) is 0 Å². The molecule has 6 nitrogen and oxygen atoms in total. The third kappa shape index (κ3) is 4.67. The second-order valence-electron chi connectivity index (χ2n) is 6.33. The van der Waals surface area contributed by atoms with Crippen LogP contribution >= 0.6 is 0 Å². The van der Waals surface area contributed by atoms with Gasteiger partial charge in [0.15, 0.2) is 0 Å². The van der Waals surface area contributed by atoms with Gasteiger partial charge in [-0.15, -0.1) is 0 Å². The van der Waals surface area contributed by atoms with Crippen LogP contribution in [0, 0.1) is 13.8 Å². The van der Waals surface area contributed by atoms with E-state index in [0.717, 1.165) is 22.2 Å². The van der Waals surface area contributed by atoms with Gasteiger partial charge in [-0.3, -0.25) is 0 Å². The van der Waals surface area contributed by atoms with E-state index < -0.39 is 6.09 Å². The van der Waals surface area contributed by atoms with Crippen LogP contribution in [-0.4, -0.2) is 30.6 Å². The Balaban J connectivity index is 1.73. The van der Waals surface area contributed by atoms with Gasteiger partial charge in [0.2, 0.25) is 0 Å². The summed E-state index contributed by atoms with van der Waals surface area (Å²) in [5.41, 5.74) is 6.68. The van der Waals surface area contributed by atoms with E-state index in [1.54, 1.807) is 6.21 Å². The van der Waals surface area contributed by atoms with Crippen molar-refractivity contribution in [2.75, 3.05) is 13.7 Å². The fourth-order valence-corrected chi connectivity index (χ4v) is 3.04. The predicted octanol–water partition coefficient (Wildman–Crippen LogP) is 4.03. The summed E-state index contributed by atoms with van der Waals surface area (Å²) in [5.74, 6) is 0.882. The number of benzene rings is 2. The summed E-state index contributed by atoms with van der Waals surface area (Å²) in [7, 11) is 1.30. The molecule has 1 aromatic heterocycles. The van der Waals surface area contributed by atoms with Crippen LogP contribution in [0.5, 0.6) is 5.75 Å². The minimum Gasteiger partial charge on any atom is -0.492 e. The van der Waals surface area contributed by atoms with E-state index in [-0.39, 0.29) is 0 Å². The molecule has 140 valence electrons. The van der Waals surface area contributed by atoms with Gasteiger partial charge < -0.3 is 14.0 Å². The van der Waals surface area contributed by atoms with E-state index in [4.69, 9.17) is 4.74 Å². The zero-order chi connectivity index (χ0) is 19.2. The molecule has 1 heterocycles. The molecule has 0 radical (unpaired) electrons. The van der Waals surface area contributed by atoms with E-state index in [9.17, 15) is 4.79 Å². The maximum atomic E-state index is 11.1. The number of carbonyl (C=O) groups is 1. The number of hydrogen-bond donors (Lipinski definition) is 1. The molecule has 0 aliphatic carbocycles. The maximum Gasteiger partial charge on any atom is 0.427 e. The number of ether oxygens (including phenoxy) is 2. The molecular weight excluding hydrogens is 342 g/mol. The number of fused-ring (bicyclic) bond motifs is 1. The van der Waals surface area contributed by atoms with E-state index in [2.05, 4.69) is 45.8 Å². The number of para-hydroxylation sites is 1. The highest BCUT2D eigenvalue weighted by Gasteiger charge is 2.07. The van der Waals surface area contributed by atoms with Crippen molar-refractivity contribution in [3.8, 4) is 5.75 Å². The van der Waals surface area contributed by atoms with Crippen molar-refractivity contribution in [2.45, 2.75) is 20.4 Å². The molecule has 0 unspecified atom stereocenters. The van der Waals surface area contributed by atoms with Gasteiger partial charge >= 0.3 is 6.09 Å². The standard InChI is InChI=1S/C21H23N3O3/c1-15-10-16(2)12-18(11-15)27-9-8-24-14-17(13-22-23-21(25)26-3)19-6-4-5-7-20(19)24/h4-7,10-14H,8-9H2,1-3H3,(H,23,25)/b22-13+. The second-order valence-corrected chi connectivity index (χ2v) is 6.33. The minimum atomic E-state index is -0.600. The average Bonchev–Trinajstić information content (AvgIpc) is 2.99. The first-order valence-electron chi connectivity index (χ1n) is 8.73. The molecule has 0 aliphatic heterocycles. The van der Waals surface area contributed by atoms with Crippen molar-refractivity contribution >= 4 is 23.2 Å². The normalized spacial score (nSPS) is 11.1. The van der Waals surface area contributed by atoms with Gasteiger partial charge in [0.05, 0.1) is 19.9 Å². The first kappa shape index (κ1) is 18.5. The van der Waals surface area contributed by atoms with Crippen LogP contribution in [0.25, 0.3) is 10.9 Å². The molecule has 3 rings (SSSR count). The Kier molecular flexibility index (Phi) is 5.76. The quantitative estimate of drug-likeness (QED) is 0.530. The fraction of sp³-hybridized carbons (Fsp3) is 0.238. The van der Waals surface area contributed by atoms with E-state index in [1.165, 1.54) is 18.2 Å². The number of amides is 1. The molecule has 0 saturated heterocycles. The summed E-state index contributed by atoms with van der Waals surface area (Å²) >= 11 is 0. The summed E-state index contributed by atoms with van der Waals surface area (Å²) in [6, 6.07) is 14.3. The second kappa shape index (κ2) is 8.40. The molecule has 6 heteroatoms. The molecular formula is C21H23N3O3. The summed E-state index contributed by atoms with van der Waals surface area (Å²) in [6.07, 6.45) is 3.01.